The minimum atomic E-state index is -0.752. The van der Waals surface area contributed by atoms with E-state index in [-0.39, 0.29) is 17.9 Å². The van der Waals surface area contributed by atoms with E-state index in [0.29, 0.717) is 12.4 Å². The highest BCUT2D eigenvalue weighted by Gasteiger charge is 2.49. The van der Waals surface area contributed by atoms with Gasteiger partial charge in [-0.1, -0.05) is 13.8 Å². The van der Waals surface area contributed by atoms with E-state index in [4.69, 9.17) is 11.6 Å². The number of amides is 3. The van der Waals surface area contributed by atoms with E-state index in [1.54, 1.807) is 6.92 Å². The van der Waals surface area contributed by atoms with Crippen LogP contribution in [0.1, 0.15) is 33.6 Å². The van der Waals surface area contributed by atoms with Crippen LogP contribution in [0.2, 0.25) is 0 Å². The van der Waals surface area contributed by atoms with Gasteiger partial charge in [0.25, 0.3) is 5.91 Å². The summed E-state index contributed by atoms with van der Waals surface area (Å²) >= 11 is 5.56. The predicted octanol–water partition coefficient (Wildman–Crippen LogP) is 1.97. The first kappa shape index (κ1) is 13.3. The van der Waals surface area contributed by atoms with Crippen molar-refractivity contribution < 1.29 is 9.59 Å². The largest absolute Gasteiger partial charge is 0.325 e. The van der Waals surface area contributed by atoms with Gasteiger partial charge in [0.1, 0.15) is 5.54 Å². The van der Waals surface area contributed by atoms with Crippen molar-refractivity contribution in [1.29, 1.82) is 0 Å². The van der Waals surface area contributed by atoms with E-state index in [1.165, 1.54) is 4.90 Å². The van der Waals surface area contributed by atoms with E-state index in [1.807, 2.05) is 13.8 Å². The molecule has 3 amide bonds. The monoisotopic (exact) mass is 246 g/mol. The smallest absolute Gasteiger partial charge is 0.323 e. The molecule has 4 nitrogen and oxygen atoms in total. The molecule has 0 saturated carbocycles. The van der Waals surface area contributed by atoms with Crippen LogP contribution in [-0.2, 0) is 4.79 Å². The second-order valence-corrected chi connectivity index (χ2v) is 5.02. The molecular weight excluding hydrogens is 228 g/mol. The number of hydrogen-bond donors (Lipinski definition) is 1. The van der Waals surface area contributed by atoms with Crippen LogP contribution >= 0.6 is 11.6 Å². The molecule has 5 heteroatoms. The molecule has 1 saturated heterocycles. The van der Waals surface area contributed by atoms with Crippen molar-refractivity contribution >= 4 is 23.5 Å². The number of imide groups is 1. The summed E-state index contributed by atoms with van der Waals surface area (Å²) in [4.78, 5) is 25.0. The molecule has 16 heavy (non-hydrogen) atoms. The van der Waals surface area contributed by atoms with Gasteiger partial charge in [-0.05, 0) is 25.7 Å². The lowest BCUT2D eigenvalue weighted by Crippen LogP contribution is -2.48. The summed E-state index contributed by atoms with van der Waals surface area (Å²) in [5, 5.41) is 2.76. The van der Waals surface area contributed by atoms with E-state index in [9.17, 15) is 9.59 Å². The number of halogens is 1. The first-order valence-electron chi connectivity index (χ1n) is 5.63. The van der Waals surface area contributed by atoms with Gasteiger partial charge in [0, 0.05) is 12.4 Å². The lowest BCUT2D eigenvalue weighted by molar-refractivity contribution is -0.132. The van der Waals surface area contributed by atoms with Crippen LogP contribution in [0.3, 0.4) is 0 Å². The fraction of sp³-hybridized carbons (Fsp3) is 0.818. The highest BCUT2D eigenvalue weighted by Crippen LogP contribution is 2.25. The van der Waals surface area contributed by atoms with Crippen LogP contribution in [0.4, 0.5) is 4.79 Å². The molecule has 0 aromatic rings. The highest BCUT2D eigenvalue weighted by molar-refractivity contribution is 6.17. The maximum atomic E-state index is 12.1. The Kier molecular flexibility index (Phi) is 4.19. The van der Waals surface area contributed by atoms with Gasteiger partial charge in [-0.3, -0.25) is 9.69 Å². The molecule has 1 rings (SSSR count). The SMILES string of the molecule is CC(C)C1(C)NC(=O)N(CCCCCl)C1=O. The molecule has 1 fully saturated rings. The average molecular weight is 247 g/mol. The molecule has 1 N–H and O–H groups in total. The van der Waals surface area contributed by atoms with E-state index >= 15 is 0 Å². The number of hydrogen-bond acceptors (Lipinski definition) is 2. The van der Waals surface area contributed by atoms with Crippen LogP contribution < -0.4 is 5.32 Å². The standard InChI is InChI=1S/C11H19ClN2O2/c1-8(2)11(3)9(15)14(10(16)13-11)7-5-4-6-12/h8H,4-7H2,1-3H3,(H,13,16). The zero-order valence-electron chi connectivity index (χ0n) is 10.0. The molecule has 0 spiro atoms. The normalized spacial score (nSPS) is 25.4. The number of unbranched alkanes of at least 4 members (excludes halogenated alkanes) is 1. The van der Waals surface area contributed by atoms with E-state index in [0.717, 1.165) is 12.8 Å². The number of carbonyl (C=O) groups is 2. The van der Waals surface area contributed by atoms with Crippen molar-refractivity contribution in [2.45, 2.75) is 39.2 Å². The Morgan fingerprint density at radius 3 is 2.44 bits per heavy atom. The second kappa shape index (κ2) is 5.04. The maximum absolute atomic E-state index is 12.1. The van der Waals surface area contributed by atoms with E-state index in [2.05, 4.69) is 5.32 Å². The molecule has 92 valence electrons. The quantitative estimate of drug-likeness (QED) is 0.458. The lowest BCUT2D eigenvalue weighted by atomic mass is 9.88. The summed E-state index contributed by atoms with van der Waals surface area (Å²) in [6, 6.07) is -0.282. The van der Waals surface area contributed by atoms with Gasteiger partial charge in [-0.15, -0.1) is 11.6 Å². The van der Waals surface area contributed by atoms with Crippen molar-refractivity contribution in [2.75, 3.05) is 12.4 Å². The summed E-state index contributed by atoms with van der Waals surface area (Å²) in [5.74, 6) is 0.523. The number of urea groups is 1. The summed E-state index contributed by atoms with van der Waals surface area (Å²) in [6.07, 6.45) is 1.58. The van der Waals surface area contributed by atoms with Gasteiger partial charge in [0.2, 0.25) is 0 Å². The average Bonchev–Trinajstić information content (AvgIpc) is 2.43. The summed E-state index contributed by atoms with van der Waals surface area (Å²) in [7, 11) is 0. The Morgan fingerprint density at radius 1 is 1.38 bits per heavy atom. The highest BCUT2D eigenvalue weighted by atomic mass is 35.5. The minimum Gasteiger partial charge on any atom is -0.323 e. The van der Waals surface area contributed by atoms with Gasteiger partial charge in [0.05, 0.1) is 0 Å². The molecule has 1 aliphatic rings. The Morgan fingerprint density at radius 2 is 2.00 bits per heavy atom. The Bertz CT molecular complexity index is 294. The van der Waals surface area contributed by atoms with E-state index < -0.39 is 5.54 Å². The molecule has 0 aromatic heterocycles. The third kappa shape index (κ3) is 2.32. The van der Waals surface area contributed by atoms with Crippen LogP contribution in [0.25, 0.3) is 0 Å². The Hall–Kier alpha value is -0.770. The zero-order chi connectivity index (χ0) is 12.3. The minimum absolute atomic E-state index is 0.0852. The molecule has 0 radical (unpaired) electrons. The Labute approximate surface area is 101 Å². The fourth-order valence-electron chi connectivity index (χ4n) is 1.67. The summed E-state index contributed by atoms with van der Waals surface area (Å²) in [6.45, 7) is 6.10. The molecular formula is C11H19ClN2O2. The van der Waals surface area contributed by atoms with Gasteiger partial charge in [0.15, 0.2) is 0 Å². The summed E-state index contributed by atoms with van der Waals surface area (Å²) < 4.78 is 0. The topological polar surface area (TPSA) is 49.4 Å². The molecule has 1 heterocycles. The van der Waals surface area contributed by atoms with Crippen molar-refractivity contribution in [3.63, 3.8) is 0 Å². The first-order chi connectivity index (χ1) is 7.43. The molecule has 1 aliphatic heterocycles. The molecule has 1 unspecified atom stereocenters. The van der Waals surface area contributed by atoms with Crippen molar-refractivity contribution in [3.8, 4) is 0 Å². The Balaban J connectivity index is 2.68. The van der Waals surface area contributed by atoms with Gasteiger partial charge in [-0.25, -0.2) is 4.79 Å². The van der Waals surface area contributed by atoms with Crippen LogP contribution in [0.5, 0.6) is 0 Å². The van der Waals surface area contributed by atoms with Crippen molar-refractivity contribution in [2.24, 2.45) is 5.92 Å². The molecule has 0 bridgehead atoms. The van der Waals surface area contributed by atoms with Gasteiger partial charge < -0.3 is 5.32 Å². The predicted molar refractivity (Wildman–Crippen MR) is 63.4 cm³/mol. The number of nitrogens with one attached hydrogen (secondary N) is 1. The second-order valence-electron chi connectivity index (χ2n) is 4.64. The maximum Gasteiger partial charge on any atom is 0.325 e. The van der Waals surface area contributed by atoms with Crippen LogP contribution in [-0.4, -0.2) is 34.8 Å². The first-order valence-corrected chi connectivity index (χ1v) is 6.17. The van der Waals surface area contributed by atoms with Gasteiger partial charge in [-0.2, -0.15) is 0 Å². The number of rotatable bonds is 5. The summed E-state index contributed by atoms with van der Waals surface area (Å²) in [5.41, 5.74) is -0.752. The molecule has 0 aromatic carbocycles. The number of alkyl halides is 1. The lowest BCUT2D eigenvalue weighted by Gasteiger charge is -2.25. The third-order valence-electron chi connectivity index (χ3n) is 3.22. The zero-order valence-corrected chi connectivity index (χ0v) is 10.8. The van der Waals surface area contributed by atoms with Crippen LogP contribution in [0.15, 0.2) is 0 Å². The fourth-order valence-corrected chi connectivity index (χ4v) is 1.86. The molecule has 1 atom stereocenters. The van der Waals surface area contributed by atoms with Crippen LogP contribution in [0, 0.1) is 5.92 Å². The van der Waals surface area contributed by atoms with Crippen molar-refractivity contribution in [3.05, 3.63) is 0 Å². The molecule has 0 aliphatic carbocycles. The number of nitrogens with zero attached hydrogens (tertiary/aromatic N) is 1. The van der Waals surface area contributed by atoms with Crippen molar-refractivity contribution in [1.82, 2.24) is 10.2 Å². The third-order valence-corrected chi connectivity index (χ3v) is 3.49. The van der Waals surface area contributed by atoms with Gasteiger partial charge >= 0.3 is 6.03 Å². The number of carbonyl (C=O) groups excluding carboxylic acids is 2.